The molecule has 1 atom stereocenters. The standard InChI is InChI=1S/C22H28ClN5O2/c23-18-4-2-1-3-17(18)15-26-9-7-22(8-10-26)6-5-20(22)28-16-19(24-25-28)21(29)27-11-13-30-14-12-27/h1-4,16,20H,5-15H2. The van der Waals surface area contributed by atoms with Gasteiger partial charge in [0.05, 0.1) is 25.5 Å². The molecule has 2 saturated heterocycles. The van der Waals surface area contributed by atoms with Gasteiger partial charge in [-0.2, -0.15) is 0 Å². The van der Waals surface area contributed by atoms with Crippen molar-refractivity contribution in [2.24, 2.45) is 5.41 Å². The fourth-order valence-corrected chi connectivity index (χ4v) is 5.35. The number of rotatable bonds is 4. The zero-order valence-electron chi connectivity index (χ0n) is 17.2. The van der Waals surface area contributed by atoms with E-state index in [4.69, 9.17) is 16.3 Å². The SMILES string of the molecule is O=C(c1cn(C2CCC23CCN(Cc2ccccc2Cl)CC3)nn1)N1CCOCC1. The third kappa shape index (κ3) is 3.74. The van der Waals surface area contributed by atoms with Crippen LogP contribution in [0.2, 0.25) is 5.02 Å². The first-order chi connectivity index (χ1) is 14.6. The minimum atomic E-state index is -0.0347. The van der Waals surface area contributed by atoms with Crippen LogP contribution in [0.5, 0.6) is 0 Å². The second-order valence-corrected chi connectivity index (χ2v) is 9.18. The highest BCUT2D eigenvalue weighted by molar-refractivity contribution is 6.31. The molecule has 3 fully saturated rings. The quantitative estimate of drug-likeness (QED) is 0.747. The number of amides is 1. The van der Waals surface area contributed by atoms with Crippen molar-refractivity contribution in [1.29, 1.82) is 0 Å². The Kier molecular flexibility index (Phi) is 5.52. The number of morpholine rings is 1. The lowest BCUT2D eigenvalue weighted by atomic mass is 9.59. The number of likely N-dealkylation sites (tertiary alicyclic amines) is 1. The summed E-state index contributed by atoms with van der Waals surface area (Å²) >= 11 is 6.34. The zero-order chi connectivity index (χ0) is 20.6. The van der Waals surface area contributed by atoms with Crippen LogP contribution in [0.3, 0.4) is 0 Å². The fourth-order valence-electron chi connectivity index (χ4n) is 5.16. The molecule has 1 saturated carbocycles. The Morgan fingerprint density at radius 1 is 1.13 bits per heavy atom. The van der Waals surface area contributed by atoms with E-state index >= 15 is 0 Å². The van der Waals surface area contributed by atoms with Crippen molar-refractivity contribution >= 4 is 17.5 Å². The largest absolute Gasteiger partial charge is 0.378 e. The number of halogens is 1. The van der Waals surface area contributed by atoms with Gasteiger partial charge in [-0.25, -0.2) is 4.68 Å². The van der Waals surface area contributed by atoms with Crippen LogP contribution in [0.25, 0.3) is 0 Å². The molecule has 8 heteroatoms. The van der Waals surface area contributed by atoms with E-state index in [1.807, 2.05) is 27.9 Å². The summed E-state index contributed by atoms with van der Waals surface area (Å²) in [5.41, 5.74) is 1.93. The van der Waals surface area contributed by atoms with Crippen molar-refractivity contribution in [2.75, 3.05) is 39.4 Å². The van der Waals surface area contributed by atoms with Crippen molar-refractivity contribution in [1.82, 2.24) is 24.8 Å². The molecule has 3 heterocycles. The Labute approximate surface area is 181 Å². The average Bonchev–Trinajstić information content (AvgIpc) is 3.24. The first-order valence-electron chi connectivity index (χ1n) is 10.9. The summed E-state index contributed by atoms with van der Waals surface area (Å²) < 4.78 is 7.30. The summed E-state index contributed by atoms with van der Waals surface area (Å²) in [6.45, 7) is 5.47. The van der Waals surface area contributed by atoms with Crippen LogP contribution in [0.1, 0.15) is 47.8 Å². The van der Waals surface area contributed by atoms with Crippen molar-refractivity contribution in [2.45, 2.75) is 38.3 Å². The molecule has 2 aliphatic heterocycles. The van der Waals surface area contributed by atoms with E-state index in [1.54, 1.807) is 0 Å². The number of aromatic nitrogens is 3. The molecule has 1 spiro atoms. The van der Waals surface area contributed by atoms with Gasteiger partial charge in [-0.05, 0) is 55.8 Å². The molecule has 1 aliphatic carbocycles. The summed E-state index contributed by atoms with van der Waals surface area (Å²) in [4.78, 5) is 17.0. The van der Waals surface area contributed by atoms with Crippen molar-refractivity contribution < 1.29 is 9.53 Å². The molecule has 1 aromatic heterocycles. The maximum Gasteiger partial charge on any atom is 0.276 e. The van der Waals surface area contributed by atoms with Crippen LogP contribution in [-0.4, -0.2) is 70.1 Å². The van der Waals surface area contributed by atoms with E-state index in [1.165, 1.54) is 12.0 Å². The number of piperidine rings is 1. The molecule has 1 unspecified atom stereocenters. The summed E-state index contributed by atoms with van der Waals surface area (Å²) in [6, 6.07) is 8.45. The molecule has 30 heavy (non-hydrogen) atoms. The van der Waals surface area contributed by atoms with Crippen LogP contribution >= 0.6 is 11.6 Å². The average molecular weight is 430 g/mol. The molecular formula is C22H28ClN5O2. The van der Waals surface area contributed by atoms with Gasteiger partial charge in [-0.3, -0.25) is 9.69 Å². The topological polar surface area (TPSA) is 63.5 Å². The number of carbonyl (C=O) groups excluding carboxylic acids is 1. The van der Waals surface area contributed by atoms with Crippen LogP contribution in [0, 0.1) is 5.41 Å². The van der Waals surface area contributed by atoms with Gasteiger partial charge in [-0.15, -0.1) is 5.10 Å². The lowest BCUT2D eigenvalue weighted by Gasteiger charge is -2.53. The van der Waals surface area contributed by atoms with Crippen molar-refractivity contribution in [3.8, 4) is 0 Å². The maximum atomic E-state index is 12.7. The predicted molar refractivity (Wildman–Crippen MR) is 113 cm³/mol. The molecule has 1 aromatic carbocycles. The Balaban J connectivity index is 1.21. The van der Waals surface area contributed by atoms with Crippen LogP contribution in [-0.2, 0) is 11.3 Å². The summed E-state index contributed by atoms with van der Waals surface area (Å²) in [6.07, 6.45) is 6.49. The number of hydrogen-bond donors (Lipinski definition) is 0. The zero-order valence-corrected chi connectivity index (χ0v) is 17.9. The van der Waals surface area contributed by atoms with Crippen LogP contribution < -0.4 is 0 Å². The Bertz CT molecular complexity index is 902. The lowest BCUT2D eigenvalue weighted by molar-refractivity contribution is -0.0334. The summed E-state index contributed by atoms with van der Waals surface area (Å²) in [5.74, 6) is -0.0347. The van der Waals surface area contributed by atoms with Gasteiger partial charge in [0, 0.05) is 24.7 Å². The molecule has 5 rings (SSSR count). The van der Waals surface area contributed by atoms with Gasteiger partial charge in [0.2, 0.25) is 0 Å². The lowest BCUT2D eigenvalue weighted by Crippen LogP contribution is -2.49. The van der Waals surface area contributed by atoms with E-state index in [-0.39, 0.29) is 11.3 Å². The monoisotopic (exact) mass is 429 g/mol. The molecule has 1 amide bonds. The molecule has 2 aromatic rings. The highest BCUT2D eigenvalue weighted by atomic mass is 35.5. The van der Waals surface area contributed by atoms with Gasteiger partial charge >= 0.3 is 0 Å². The van der Waals surface area contributed by atoms with Gasteiger partial charge in [0.15, 0.2) is 5.69 Å². The van der Waals surface area contributed by atoms with E-state index in [2.05, 4.69) is 27.3 Å². The number of ether oxygens (including phenoxy) is 1. The molecule has 3 aliphatic rings. The predicted octanol–water partition coefficient (Wildman–Crippen LogP) is 3.02. The minimum Gasteiger partial charge on any atom is -0.378 e. The van der Waals surface area contributed by atoms with Gasteiger partial charge in [0.1, 0.15) is 0 Å². The normalized spacial score (nSPS) is 24.0. The Morgan fingerprint density at radius 3 is 2.60 bits per heavy atom. The molecular weight excluding hydrogens is 402 g/mol. The molecule has 0 radical (unpaired) electrons. The highest BCUT2D eigenvalue weighted by Crippen LogP contribution is 2.56. The maximum absolute atomic E-state index is 12.7. The number of nitrogens with zero attached hydrogens (tertiary/aromatic N) is 5. The third-order valence-electron chi connectivity index (χ3n) is 7.17. The minimum absolute atomic E-state index is 0.0347. The van der Waals surface area contributed by atoms with E-state index < -0.39 is 0 Å². The molecule has 0 bridgehead atoms. The number of benzene rings is 1. The molecule has 7 nitrogen and oxygen atoms in total. The second-order valence-electron chi connectivity index (χ2n) is 8.77. The second kappa shape index (κ2) is 8.29. The third-order valence-corrected chi connectivity index (χ3v) is 7.54. The summed E-state index contributed by atoms with van der Waals surface area (Å²) in [7, 11) is 0. The van der Waals surface area contributed by atoms with Crippen LogP contribution in [0.15, 0.2) is 30.5 Å². The Hall–Kier alpha value is -1.96. The number of hydrogen-bond acceptors (Lipinski definition) is 5. The first-order valence-corrected chi connectivity index (χ1v) is 11.3. The smallest absolute Gasteiger partial charge is 0.276 e. The van der Waals surface area contributed by atoms with E-state index in [0.29, 0.717) is 38.0 Å². The fraction of sp³-hybridized carbons (Fsp3) is 0.591. The van der Waals surface area contributed by atoms with E-state index in [0.717, 1.165) is 43.9 Å². The first kappa shape index (κ1) is 20.0. The highest BCUT2D eigenvalue weighted by Gasteiger charge is 2.49. The van der Waals surface area contributed by atoms with Gasteiger partial charge in [-0.1, -0.05) is 35.0 Å². The van der Waals surface area contributed by atoms with Gasteiger partial charge in [0.25, 0.3) is 5.91 Å². The molecule has 0 N–H and O–H groups in total. The van der Waals surface area contributed by atoms with Gasteiger partial charge < -0.3 is 9.64 Å². The van der Waals surface area contributed by atoms with Crippen molar-refractivity contribution in [3.63, 3.8) is 0 Å². The van der Waals surface area contributed by atoms with Crippen molar-refractivity contribution in [3.05, 3.63) is 46.7 Å². The van der Waals surface area contributed by atoms with Crippen LogP contribution in [0.4, 0.5) is 0 Å². The molecule has 160 valence electrons. The Morgan fingerprint density at radius 2 is 1.90 bits per heavy atom. The number of carbonyl (C=O) groups is 1. The van der Waals surface area contributed by atoms with E-state index in [9.17, 15) is 4.79 Å². The summed E-state index contributed by atoms with van der Waals surface area (Å²) in [5, 5.41) is 9.41.